The Morgan fingerprint density at radius 2 is 2.50 bits per heavy atom. The highest BCUT2D eigenvalue weighted by Gasteiger charge is 2.05. The predicted octanol–water partition coefficient (Wildman–Crippen LogP) is 2.36. The molecule has 0 bridgehead atoms. The van der Waals surface area contributed by atoms with Crippen molar-refractivity contribution < 1.29 is 4.42 Å². The van der Waals surface area contributed by atoms with Crippen LogP contribution in [0.5, 0.6) is 0 Å². The molecule has 0 aliphatic heterocycles. The molecule has 0 unspecified atom stereocenters. The monoisotopic (exact) mass is 180 g/mol. The van der Waals surface area contributed by atoms with E-state index in [0.29, 0.717) is 0 Å². The summed E-state index contributed by atoms with van der Waals surface area (Å²) in [6, 6.07) is 0. The van der Waals surface area contributed by atoms with Gasteiger partial charge < -0.3 is 4.42 Å². The lowest BCUT2D eigenvalue weighted by molar-refractivity contribution is 0.502. The molecular weight excluding hydrogens is 172 g/mol. The van der Waals surface area contributed by atoms with Crippen molar-refractivity contribution in [3.63, 3.8) is 0 Å². The average Bonchev–Trinajstić information content (AvgIpc) is 2.75. The molecule has 12 heavy (non-hydrogen) atoms. The van der Waals surface area contributed by atoms with Crippen LogP contribution in [0, 0.1) is 0 Å². The summed E-state index contributed by atoms with van der Waals surface area (Å²) in [5.74, 6) is 0.764. The van der Waals surface area contributed by atoms with E-state index in [1.165, 1.54) is 0 Å². The molecule has 3 nitrogen and oxygen atoms in total. The third kappa shape index (κ3) is 1.25. The van der Waals surface area contributed by atoms with Crippen molar-refractivity contribution in [3.05, 3.63) is 23.7 Å². The van der Waals surface area contributed by atoms with Crippen molar-refractivity contribution in [2.75, 3.05) is 0 Å². The van der Waals surface area contributed by atoms with Crippen LogP contribution >= 0.6 is 11.3 Å². The molecule has 0 aromatic carbocycles. The average molecular weight is 180 g/mol. The number of hydrogen-bond acceptors (Lipinski definition) is 4. The number of aryl methyl sites for hydroxylation is 1. The summed E-state index contributed by atoms with van der Waals surface area (Å²) in [5.41, 5.74) is 0.835. The minimum absolute atomic E-state index is 0.764. The van der Waals surface area contributed by atoms with Gasteiger partial charge in [-0.2, -0.15) is 0 Å². The fourth-order valence-electron chi connectivity index (χ4n) is 0.921. The van der Waals surface area contributed by atoms with E-state index in [-0.39, 0.29) is 0 Å². The summed E-state index contributed by atoms with van der Waals surface area (Å²) in [6.07, 6.45) is 4.24. The second-order valence-electron chi connectivity index (χ2n) is 2.32. The van der Waals surface area contributed by atoms with Crippen LogP contribution in [0.2, 0.25) is 0 Å². The molecule has 4 heteroatoms. The van der Waals surface area contributed by atoms with Crippen LogP contribution in [0.1, 0.15) is 12.8 Å². The molecule has 2 aromatic heterocycles. The first-order valence-corrected chi connectivity index (χ1v) is 4.62. The van der Waals surface area contributed by atoms with E-state index in [1.807, 2.05) is 12.3 Å². The normalized spacial score (nSPS) is 10.4. The predicted molar refractivity (Wildman–Crippen MR) is 47.0 cm³/mol. The van der Waals surface area contributed by atoms with Crippen molar-refractivity contribution >= 4 is 11.3 Å². The topological polar surface area (TPSA) is 38.9 Å². The number of thiazole rings is 1. The summed E-state index contributed by atoms with van der Waals surface area (Å²) in [6.45, 7) is 2.01. The smallest absolute Gasteiger partial charge is 0.194 e. The maximum atomic E-state index is 5.19. The third-order valence-electron chi connectivity index (χ3n) is 1.51. The van der Waals surface area contributed by atoms with Gasteiger partial charge in [0.15, 0.2) is 5.89 Å². The fraction of sp³-hybridized carbons (Fsp3) is 0.250. The lowest BCUT2D eigenvalue weighted by Crippen LogP contribution is -1.79. The van der Waals surface area contributed by atoms with E-state index in [2.05, 4.69) is 9.97 Å². The molecule has 0 N–H and O–H groups in total. The largest absolute Gasteiger partial charge is 0.448 e. The van der Waals surface area contributed by atoms with Crippen LogP contribution < -0.4 is 0 Å². The zero-order valence-corrected chi connectivity index (χ0v) is 7.47. The number of rotatable bonds is 2. The molecule has 0 saturated heterocycles. The molecule has 0 aliphatic carbocycles. The van der Waals surface area contributed by atoms with E-state index < -0.39 is 0 Å². The van der Waals surface area contributed by atoms with E-state index in [4.69, 9.17) is 4.42 Å². The minimum atomic E-state index is 0.764. The molecule has 0 fully saturated rings. The summed E-state index contributed by atoms with van der Waals surface area (Å²) >= 11 is 1.57. The van der Waals surface area contributed by atoms with E-state index in [0.717, 1.165) is 23.0 Å². The first kappa shape index (κ1) is 7.49. The van der Waals surface area contributed by atoms with Gasteiger partial charge in [0, 0.05) is 18.0 Å². The SMILES string of the molecule is CCc1nc(-c2nccs2)co1. The van der Waals surface area contributed by atoms with Gasteiger partial charge in [-0.1, -0.05) is 6.92 Å². The Hall–Kier alpha value is -1.16. The highest BCUT2D eigenvalue weighted by molar-refractivity contribution is 7.13. The molecule has 0 spiro atoms. The van der Waals surface area contributed by atoms with Gasteiger partial charge in [-0.05, 0) is 0 Å². The molecular formula is C8H8N2OS. The number of nitrogens with zero attached hydrogens (tertiary/aromatic N) is 2. The van der Waals surface area contributed by atoms with Crippen molar-refractivity contribution in [3.8, 4) is 10.7 Å². The highest BCUT2D eigenvalue weighted by atomic mass is 32.1. The van der Waals surface area contributed by atoms with Crippen LogP contribution in [0.3, 0.4) is 0 Å². The third-order valence-corrected chi connectivity index (χ3v) is 2.30. The van der Waals surface area contributed by atoms with Crippen LogP contribution in [-0.2, 0) is 6.42 Å². The zero-order chi connectivity index (χ0) is 8.39. The summed E-state index contributed by atoms with van der Waals surface area (Å²) < 4.78 is 5.19. The molecule has 0 amide bonds. The van der Waals surface area contributed by atoms with Gasteiger partial charge in [-0.25, -0.2) is 9.97 Å². The maximum absolute atomic E-state index is 5.19. The summed E-state index contributed by atoms with van der Waals surface area (Å²) in [5, 5.41) is 2.84. The Morgan fingerprint density at radius 3 is 3.08 bits per heavy atom. The molecule has 2 heterocycles. The highest BCUT2D eigenvalue weighted by Crippen LogP contribution is 2.20. The van der Waals surface area contributed by atoms with Crippen molar-refractivity contribution in [1.29, 1.82) is 0 Å². The van der Waals surface area contributed by atoms with E-state index >= 15 is 0 Å². The molecule has 62 valence electrons. The maximum Gasteiger partial charge on any atom is 0.194 e. The van der Waals surface area contributed by atoms with Crippen LogP contribution in [0.15, 0.2) is 22.3 Å². The van der Waals surface area contributed by atoms with E-state index in [9.17, 15) is 0 Å². The van der Waals surface area contributed by atoms with Gasteiger partial charge in [0.25, 0.3) is 0 Å². The van der Waals surface area contributed by atoms with Crippen LogP contribution in [0.4, 0.5) is 0 Å². The van der Waals surface area contributed by atoms with Crippen molar-refractivity contribution in [2.24, 2.45) is 0 Å². The van der Waals surface area contributed by atoms with Gasteiger partial charge in [-0.3, -0.25) is 0 Å². The molecule has 2 rings (SSSR count). The lowest BCUT2D eigenvalue weighted by atomic mass is 10.5. The number of hydrogen-bond donors (Lipinski definition) is 0. The molecule has 0 radical (unpaired) electrons. The zero-order valence-electron chi connectivity index (χ0n) is 6.65. The summed E-state index contributed by atoms with van der Waals surface area (Å²) in [7, 11) is 0. The Labute approximate surface area is 74.1 Å². The quantitative estimate of drug-likeness (QED) is 0.712. The van der Waals surface area contributed by atoms with Crippen molar-refractivity contribution in [2.45, 2.75) is 13.3 Å². The van der Waals surface area contributed by atoms with Gasteiger partial charge in [0.2, 0.25) is 0 Å². The van der Waals surface area contributed by atoms with Gasteiger partial charge in [0.1, 0.15) is 17.0 Å². The Bertz CT molecular complexity index is 353. The lowest BCUT2D eigenvalue weighted by Gasteiger charge is -1.83. The first-order chi connectivity index (χ1) is 5.90. The van der Waals surface area contributed by atoms with Gasteiger partial charge >= 0.3 is 0 Å². The Kier molecular flexibility index (Phi) is 1.91. The first-order valence-electron chi connectivity index (χ1n) is 3.74. The van der Waals surface area contributed by atoms with Gasteiger partial charge in [-0.15, -0.1) is 11.3 Å². The second kappa shape index (κ2) is 3.06. The molecule has 0 saturated carbocycles. The number of oxazole rings is 1. The summed E-state index contributed by atoms with van der Waals surface area (Å²) in [4.78, 5) is 8.38. The molecule has 0 aliphatic rings. The Balaban J connectivity index is 2.35. The second-order valence-corrected chi connectivity index (χ2v) is 3.21. The Morgan fingerprint density at radius 1 is 1.58 bits per heavy atom. The fourth-order valence-corrected chi connectivity index (χ4v) is 1.51. The molecule has 2 aromatic rings. The minimum Gasteiger partial charge on any atom is -0.448 e. The van der Waals surface area contributed by atoms with E-state index in [1.54, 1.807) is 23.8 Å². The van der Waals surface area contributed by atoms with Crippen LogP contribution in [-0.4, -0.2) is 9.97 Å². The molecule has 0 atom stereocenters. The van der Waals surface area contributed by atoms with Crippen LogP contribution in [0.25, 0.3) is 10.7 Å². The number of aromatic nitrogens is 2. The van der Waals surface area contributed by atoms with Crippen molar-refractivity contribution in [1.82, 2.24) is 9.97 Å². The van der Waals surface area contributed by atoms with Gasteiger partial charge in [0.05, 0.1) is 0 Å². The standard InChI is InChI=1S/C8H8N2OS/c1-2-7-10-6(5-11-7)8-9-3-4-12-8/h3-5H,2H2,1H3.